The van der Waals surface area contributed by atoms with Gasteiger partial charge in [0.15, 0.2) is 0 Å². The third kappa shape index (κ3) is 7.30. The Balaban J connectivity index is 2.14. The molecule has 1 N–H and O–H groups in total. The highest BCUT2D eigenvalue weighted by Gasteiger charge is 2.31. The maximum Gasteiger partial charge on any atom is 0.135 e. The SMILES string of the molecule is C=CCCC(O)(CCC=C)c1ccc(CN(Cc2ccc(F)cc2)CC(C)C)o1. The number of hydrogen-bond acceptors (Lipinski definition) is 3. The van der Waals surface area contributed by atoms with Crippen molar-refractivity contribution in [2.45, 2.75) is 58.2 Å². The first-order valence-electron chi connectivity index (χ1n) is 10.4. The van der Waals surface area contributed by atoms with Crippen molar-refractivity contribution in [3.8, 4) is 0 Å². The first-order valence-corrected chi connectivity index (χ1v) is 10.4. The van der Waals surface area contributed by atoms with Crippen LogP contribution in [0.5, 0.6) is 0 Å². The summed E-state index contributed by atoms with van der Waals surface area (Å²) in [7, 11) is 0. The predicted octanol–water partition coefficient (Wildman–Crippen LogP) is 6.20. The van der Waals surface area contributed by atoms with Crippen molar-refractivity contribution in [1.29, 1.82) is 0 Å². The summed E-state index contributed by atoms with van der Waals surface area (Å²) in [4.78, 5) is 2.28. The van der Waals surface area contributed by atoms with E-state index in [1.54, 1.807) is 0 Å². The van der Waals surface area contributed by atoms with E-state index < -0.39 is 5.60 Å². The van der Waals surface area contributed by atoms with Gasteiger partial charge < -0.3 is 9.52 Å². The molecule has 2 rings (SSSR count). The molecular formula is C25H34FNO2. The first kappa shape index (κ1) is 23.1. The number of furan rings is 1. The molecule has 0 saturated carbocycles. The number of nitrogens with zero attached hydrogens (tertiary/aromatic N) is 1. The average Bonchev–Trinajstić information content (AvgIpc) is 3.15. The molecule has 0 spiro atoms. The molecule has 0 aliphatic carbocycles. The minimum atomic E-state index is -1.01. The summed E-state index contributed by atoms with van der Waals surface area (Å²) in [5.41, 5.74) is 0.0489. The molecule has 1 aromatic carbocycles. The zero-order chi connectivity index (χ0) is 21.3. The predicted molar refractivity (Wildman–Crippen MR) is 117 cm³/mol. The molecule has 0 atom stereocenters. The topological polar surface area (TPSA) is 36.6 Å². The van der Waals surface area contributed by atoms with Crippen molar-refractivity contribution < 1.29 is 13.9 Å². The number of rotatable bonds is 13. The van der Waals surface area contributed by atoms with Crippen LogP contribution in [-0.2, 0) is 18.7 Å². The van der Waals surface area contributed by atoms with E-state index in [2.05, 4.69) is 31.9 Å². The van der Waals surface area contributed by atoms with E-state index in [1.165, 1.54) is 12.1 Å². The van der Waals surface area contributed by atoms with Crippen molar-refractivity contribution >= 4 is 0 Å². The standard InChI is InChI=1S/C25H34FNO2/c1-5-7-15-25(28,16-8-6-2)24-14-13-23(29-24)19-27(17-20(3)4)18-21-9-11-22(26)12-10-21/h5-6,9-14,20,28H,1-2,7-8,15-19H2,3-4H3. The van der Waals surface area contributed by atoms with Crippen LogP contribution in [0.4, 0.5) is 4.39 Å². The fraction of sp³-hybridized carbons (Fsp3) is 0.440. The number of benzene rings is 1. The Morgan fingerprint density at radius 3 is 2.21 bits per heavy atom. The van der Waals surface area contributed by atoms with Crippen LogP contribution in [-0.4, -0.2) is 16.6 Å². The molecule has 0 amide bonds. The van der Waals surface area contributed by atoms with Gasteiger partial charge in [0.2, 0.25) is 0 Å². The van der Waals surface area contributed by atoms with Crippen LogP contribution >= 0.6 is 0 Å². The van der Waals surface area contributed by atoms with Crippen molar-refractivity contribution in [2.24, 2.45) is 5.92 Å². The first-order chi connectivity index (χ1) is 13.9. The second kappa shape index (κ2) is 11.1. The number of aliphatic hydroxyl groups is 1. The van der Waals surface area contributed by atoms with E-state index in [9.17, 15) is 9.50 Å². The third-order valence-corrected chi connectivity index (χ3v) is 4.97. The molecule has 29 heavy (non-hydrogen) atoms. The zero-order valence-corrected chi connectivity index (χ0v) is 17.7. The Labute approximate surface area is 174 Å². The summed E-state index contributed by atoms with van der Waals surface area (Å²) in [6, 6.07) is 10.5. The fourth-order valence-corrected chi connectivity index (χ4v) is 3.54. The molecule has 158 valence electrons. The molecule has 0 aliphatic rings. The van der Waals surface area contributed by atoms with Crippen LogP contribution in [0.3, 0.4) is 0 Å². The maximum atomic E-state index is 13.2. The van der Waals surface area contributed by atoms with Gasteiger partial charge in [0.1, 0.15) is 22.9 Å². The summed E-state index contributed by atoms with van der Waals surface area (Å²) < 4.78 is 19.3. The lowest BCUT2D eigenvalue weighted by Crippen LogP contribution is -2.27. The molecule has 0 radical (unpaired) electrons. The van der Waals surface area contributed by atoms with Crippen molar-refractivity contribution in [3.05, 3.63) is 84.6 Å². The average molecular weight is 400 g/mol. The molecule has 0 unspecified atom stereocenters. The largest absolute Gasteiger partial charge is 0.462 e. The van der Waals surface area contributed by atoms with E-state index in [-0.39, 0.29) is 5.82 Å². The highest BCUT2D eigenvalue weighted by molar-refractivity contribution is 5.17. The summed E-state index contributed by atoms with van der Waals surface area (Å²) in [5.74, 6) is 1.68. The molecule has 1 aromatic heterocycles. The molecule has 0 aliphatic heterocycles. The molecule has 0 bridgehead atoms. The molecule has 2 aromatic rings. The van der Waals surface area contributed by atoms with Crippen LogP contribution < -0.4 is 0 Å². The second-order valence-electron chi connectivity index (χ2n) is 8.14. The highest BCUT2D eigenvalue weighted by Crippen LogP contribution is 2.33. The van der Waals surface area contributed by atoms with Crippen molar-refractivity contribution in [3.63, 3.8) is 0 Å². The van der Waals surface area contributed by atoms with E-state index in [0.717, 1.165) is 17.9 Å². The van der Waals surface area contributed by atoms with Crippen LogP contribution in [0.15, 0.2) is 66.1 Å². The minimum Gasteiger partial charge on any atom is -0.462 e. The quantitative estimate of drug-likeness (QED) is 0.408. The zero-order valence-electron chi connectivity index (χ0n) is 17.7. The van der Waals surface area contributed by atoms with Gasteiger partial charge in [-0.25, -0.2) is 4.39 Å². The fourth-order valence-electron chi connectivity index (χ4n) is 3.54. The van der Waals surface area contributed by atoms with Crippen molar-refractivity contribution in [2.75, 3.05) is 6.54 Å². The molecule has 3 nitrogen and oxygen atoms in total. The molecule has 0 saturated heterocycles. The van der Waals surface area contributed by atoms with Gasteiger partial charge in [-0.05, 0) is 61.4 Å². The monoisotopic (exact) mass is 399 g/mol. The Bertz CT molecular complexity index is 751. The Morgan fingerprint density at radius 1 is 1.03 bits per heavy atom. The normalized spacial score (nSPS) is 11.9. The second-order valence-corrected chi connectivity index (χ2v) is 8.14. The molecule has 0 fully saturated rings. The number of hydrogen-bond donors (Lipinski definition) is 1. The summed E-state index contributed by atoms with van der Waals surface area (Å²) >= 11 is 0. The van der Waals surface area contributed by atoms with Gasteiger partial charge >= 0.3 is 0 Å². The van der Waals surface area contributed by atoms with Crippen molar-refractivity contribution in [1.82, 2.24) is 4.90 Å². The third-order valence-electron chi connectivity index (χ3n) is 4.97. The van der Waals surface area contributed by atoms with Crippen LogP contribution in [0.2, 0.25) is 0 Å². The van der Waals surface area contributed by atoms with Crippen LogP contribution in [0.25, 0.3) is 0 Å². The van der Waals surface area contributed by atoms with Crippen LogP contribution in [0, 0.1) is 11.7 Å². The lowest BCUT2D eigenvalue weighted by molar-refractivity contribution is -0.00221. The van der Waals surface area contributed by atoms with Gasteiger partial charge in [0.05, 0.1) is 6.54 Å². The maximum absolute atomic E-state index is 13.2. The highest BCUT2D eigenvalue weighted by atomic mass is 19.1. The van der Waals surface area contributed by atoms with Gasteiger partial charge in [0, 0.05) is 13.1 Å². The van der Waals surface area contributed by atoms with Gasteiger partial charge in [-0.2, -0.15) is 0 Å². The van der Waals surface area contributed by atoms with Crippen LogP contribution in [0.1, 0.15) is 56.6 Å². The van der Waals surface area contributed by atoms with Gasteiger partial charge in [0.25, 0.3) is 0 Å². The number of allylic oxidation sites excluding steroid dienone is 2. The van der Waals surface area contributed by atoms with E-state index in [4.69, 9.17) is 4.42 Å². The Kier molecular flexibility index (Phi) is 8.87. The summed E-state index contributed by atoms with van der Waals surface area (Å²) in [6.07, 6.45) is 6.21. The van der Waals surface area contributed by atoms with Gasteiger partial charge in [-0.3, -0.25) is 4.90 Å². The lowest BCUT2D eigenvalue weighted by atomic mass is 9.89. The van der Waals surface area contributed by atoms with Gasteiger partial charge in [-0.1, -0.05) is 38.1 Å². The van der Waals surface area contributed by atoms with E-state index in [1.807, 2.05) is 36.4 Å². The summed E-state index contributed by atoms with van der Waals surface area (Å²) in [5, 5.41) is 11.2. The number of halogens is 1. The molecule has 4 heteroatoms. The minimum absolute atomic E-state index is 0.224. The Morgan fingerprint density at radius 2 is 1.66 bits per heavy atom. The molecular weight excluding hydrogens is 365 g/mol. The van der Waals surface area contributed by atoms with Gasteiger partial charge in [-0.15, -0.1) is 13.2 Å². The molecule has 1 heterocycles. The lowest BCUT2D eigenvalue weighted by Gasteiger charge is -2.26. The van der Waals surface area contributed by atoms with E-state index in [0.29, 0.717) is 50.5 Å². The van der Waals surface area contributed by atoms with E-state index >= 15 is 0 Å². The smallest absolute Gasteiger partial charge is 0.135 e. The Hall–Kier alpha value is -2.17. The summed E-state index contributed by atoms with van der Waals surface area (Å²) in [6.45, 7) is 14.1.